The molecule has 12 nitrogen and oxygen atoms in total. The van der Waals surface area contributed by atoms with Crippen LogP contribution in [-0.2, 0) is 26.2 Å². The number of likely N-dealkylation sites (tertiary alicyclic amines) is 1. The number of carbonyl (C=O) groups is 3. The second-order valence-electron chi connectivity index (χ2n) is 12.6. The number of halogens is 3. The van der Waals surface area contributed by atoms with Gasteiger partial charge in [-0.25, -0.2) is 4.52 Å². The Morgan fingerprint density at radius 3 is 2.44 bits per heavy atom. The number of hydrogen-bond acceptors (Lipinski definition) is 7. The first-order chi connectivity index (χ1) is 20.0. The van der Waals surface area contributed by atoms with E-state index in [4.69, 9.17) is 4.74 Å². The van der Waals surface area contributed by atoms with E-state index >= 15 is 0 Å². The number of ether oxygens (including phenoxy) is 1. The van der Waals surface area contributed by atoms with Gasteiger partial charge in [0.05, 0.1) is 24.0 Å². The van der Waals surface area contributed by atoms with Crippen molar-refractivity contribution in [1.29, 1.82) is 5.26 Å². The molecule has 2 aliphatic carbocycles. The number of amides is 3. The van der Waals surface area contributed by atoms with Crippen molar-refractivity contribution in [2.24, 2.45) is 24.3 Å². The fourth-order valence-electron chi connectivity index (χ4n) is 6.63. The van der Waals surface area contributed by atoms with Crippen LogP contribution in [0.5, 0.6) is 0 Å². The summed E-state index contributed by atoms with van der Waals surface area (Å²) in [7, 11) is 1.53. The van der Waals surface area contributed by atoms with E-state index in [1.165, 1.54) is 46.5 Å². The third-order valence-corrected chi connectivity index (χ3v) is 9.43. The highest BCUT2D eigenvalue weighted by molar-refractivity contribution is 5.95. The van der Waals surface area contributed by atoms with Crippen LogP contribution >= 0.6 is 0 Å². The summed E-state index contributed by atoms with van der Waals surface area (Å²) in [4.78, 5) is 53.7. The van der Waals surface area contributed by atoms with Crippen LogP contribution in [0.25, 0.3) is 5.52 Å². The summed E-state index contributed by atoms with van der Waals surface area (Å²) < 4.78 is 48.4. The quantitative estimate of drug-likeness (QED) is 0.464. The van der Waals surface area contributed by atoms with E-state index in [0.29, 0.717) is 12.8 Å². The van der Waals surface area contributed by atoms with Crippen molar-refractivity contribution in [1.82, 2.24) is 29.7 Å². The topological polar surface area (TPSA) is 151 Å². The number of hydrogen-bond donors (Lipinski definition) is 2. The Kier molecular flexibility index (Phi) is 7.35. The van der Waals surface area contributed by atoms with Crippen molar-refractivity contribution in [2.45, 2.75) is 83.0 Å². The summed E-state index contributed by atoms with van der Waals surface area (Å²) in [6, 6.07) is -2.18. The number of aryl methyl sites for hydroxylation is 1. The number of nitriles is 1. The monoisotopic (exact) mass is 605 g/mol. The van der Waals surface area contributed by atoms with Crippen molar-refractivity contribution in [3.8, 4) is 6.07 Å². The number of fused-ring (bicyclic) bond motifs is 2. The molecule has 1 unspecified atom stereocenters. The smallest absolute Gasteiger partial charge is 0.370 e. The molecule has 0 radical (unpaired) electrons. The molecule has 0 aromatic carbocycles. The molecule has 2 aromatic rings. The number of alkyl halides is 3. The number of nitrogens with one attached hydrogen (secondary N) is 2. The SMILES string of the molecule is C[C@@H](OC1(C)CCC1)[C@H](NC(=O)C(F)(F)F)C(=O)N1C[C@H]2[C@@H]([C@H]1C(=O)NC(C#N)c1cnn3ccn(C)c(=O)c13)C2(C)C. The third kappa shape index (κ3) is 5.26. The van der Waals surface area contributed by atoms with Gasteiger partial charge in [0.2, 0.25) is 11.8 Å². The summed E-state index contributed by atoms with van der Waals surface area (Å²) in [5.74, 6) is -4.34. The molecule has 3 aliphatic rings. The van der Waals surface area contributed by atoms with Gasteiger partial charge in [-0.05, 0) is 50.4 Å². The van der Waals surface area contributed by atoms with E-state index in [0.717, 1.165) is 6.42 Å². The van der Waals surface area contributed by atoms with E-state index in [2.05, 4.69) is 10.4 Å². The summed E-state index contributed by atoms with van der Waals surface area (Å²) in [5, 5.41) is 18.5. The van der Waals surface area contributed by atoms with Crippen LogP contribution in [0.1, 0.15) is 58.6 Å². The van der Waals surface area contributed by atoms with Gasteiger partial charge in [0.1, 0.15) is 23.6 Å². The lowest BCUT2D eigenvalue weighted by molar-refractivity contribution is -0.180. The minimum atomic E-state index is -5.24. The summed E-state index contributed by atoms with van der Waals surface area (Å²) in [6.45, 7) is 7.14. The van der Waals surface area contributed by atoms with E-state index in [-0.39, 0.29) is 34.9 Å². The molecule has 0 bridgehead atoms. The van der Waals surface area contributed by atoms with Crippen molar-refractivity contribution < 1.29 is 32.3 Å². The predicted octanol–water partition coefficient (Wildman–Crippen LogP) is 1.59. The van der Waals surface area contributed by atoms with Gasteiger partial charge in [-0.2, -0.15) is 23.5 Å². The number of rotatable bonds is 8. The maximum absolute atomic E-state index is 13.9. The van der Waals surface area contributed by atoms with Crippen LogP contribution in [0, 0.1) is 28.6 Å². The summed E-state index contributed by atoms with van der Waals surface area (Å²) in [5.41, 5.74) is -1.19. The molecule has 15 heteroatoms. The van der Waals surface area contributed by atoms with Gasteiger partial charge >= 0.3 is 12.1 Å². The third-order valence-electron chi connectivity index (χ3n) is 9.43. The van der Waals surface area contributed by atoms with Crippen molar-refractivity contribution >= 4 is 23.2 Å². The Morgan fingerprint density at radius 1 is 1.19 bits per heavy atom. The Morgan fingerprint density at radius 2 is 1.86 bits per heavy atom. The van der Waals surface area contributed by atoms with Crippen LogP contribution in [-0.4, -0.2) is 73.3 Å². The average Bonchev–Trinajstić information content (AvgIpc) is 3.29. The van der Waals surface area contributed by atoms with E-state index in [9.17, 15) is 37.6 Å². The molecule has 43 heavy (non-hydrogen) atoms. The van der Waals surface area contributed by atoms with E-state index < -0.39 is 59.3 Å². The predicted molar refractivity (Wildman–Crippen MR) is 144 cm³/mol. The minimum Gasteiger partial charge on any atom is -0.370 e. The molecule has 232 valence electrons. The largest absolute Gasteiger partial charge is 0.471 e. The van der Waals surface area contributed by atoms with Crippen LogP contribution in [0.2, 0.25) is 0 Å². The molecule has 6 atom stereocenters. The van der Waals surface area contributed by atoms with Gasteiger partial charge in [0.25, 0.3) is 5.56 Å². The first kappa shape index (κ1) is 30.5. The van der Waals surface area contributed by atoms with E-state index in [1.54, 1.807) is 6.92 Å². The highest BCUT2D eigenvalue weighted by Crippen LogP contribution is 2.65. The number of aromatic nitrogens is 3. The zero-order valence-electron chi connectivity index (χ0n) is 24.4. The Hall–Kier alpha value is -3.93. The number of piperidine rings is 1. The van der Waals surface area contributed by atoms with Crippen molar-refractivity contribution in [2.75, 3.05) is 6.54 Å². The van der Waals surface area contributed by atoms with Crippen LogP contribution in [0.15, 0.2) is 23.4 Å². The maximum atomic E-state index is 13.9. The van der Waals surface area contributed by atoms with Crippen LogP contribution in [0.3, 0.4) is 0 Å². The normalized spacial score (nSPS) is 25.6. The molecule has 3 fully saturated rings. The molecule has 1 saturated heterocycles. The van der Waals surface area contributed by atoms with Crippen LogP contribution < -0.4 is 16.2 Å². The standard InChI is InChI=1S/C28H34F3N7O5/c1-14(43-27(4)7-6-8-27)19(35-25(42)28(29,30)31)23(40)37-13-16-18(26(16,2)3)21(37)22(39)34-17(11-32)15-12-33-38-10-9-36(5)24(41)20(15)38/h9-10,12,14,16-19,21H,6-8,13H2,1-5H3,(H,34,39)(H,35,42)/t14-,16+,17?,18+,19+,21+/m1/s1. The molecule has 2 saturated carbocycles. The molecular weight excluding hydrogens is 571 g/mol. The first-order valence-electron chi connectivity index (χ1n) is 14.1. The molecular formula is C28H34F3N7O5. The van der Waals surface area contributed by atoms with Gasteiger partial charge < -0.3 is 24.8 Å². The molecule has 3 heterocycles. The highest BCUT2D eigenvalue weighted by atomic mass is 19.4. The average molecular weight is 606 g/mol. The van der Waals surface area contributed by atoms with Crippen molar-refractivity contribution in [3.63, 3.8) is 0 Å². The molecule has 1 aliphatic heterocycles. The lowest BCUT2D eigenvalue weighted by atomic mass is 9.81. The van der Waals surface area contributed by atoms with Crippen LogP contribution in [0.4, 0.5) is 13.2 Å². The zero-order valence-corrected chi connectivity index (χ0v) is 24.4. The minimum absolute atomic E-state index is 0.0748. The van der Waals surface area contributed by atoms with Crippen molar-refractivity contribution in [3.05, 3.63) is 34.5 Å². The zero-order chi connectivity index (χ0) is 31.6. The summed E-state index contributed by atoms with van der Waals surface area (Å²) in [6.07, 6.45) is 0.121. The second-order valence-corrected chi connectivity index (χ2v) is 12.6. The Bertz CT molecular complexity index is 1570. The highest BCUT2D eigenvalue weighted by Gasteiger charge is 2.70. The number of carbonyl (C=O) groups excluding carboxylic acids is 3. The lowest BCUT2D eigenvalue weighted by Gasteiger charge is -2.43. The summed E-state index contributed by atoms with van der Waals surface area (Å²) >= 11 is 0. The van der Waals surface area contributed by atoms with Gasteiger partial charge in [0, 0.05) is 31.5 Å². The second kappa shape index (κ2) is 10.4. The Balaban J connectivity index is 1.43. The Labute approximate surface area is 245 Å². The molecule has 3 amide bonds. The molecule has 2 aromatic heterocycles. The number of nitrogens with zero attached hydrogens (tertiary/aromatic N) is 5. The fraction of sp³-hybridized carbons (Fsp3) is 0.643. The molecule has 5 rings (SSSR count). The van der Waals surface area contributed by atoms with Gasteiger partial charge in [-0.1, -0.05) is 13.8 Å². The first-order valence-corrected chi connectivity index (χ1v) is 14.1. The molecule has 0 spiro atoms. The molecule has 2 N–H and O–H groups in total. The fourth-order valence-corrected chi connectivity index (χ4v) is 6.63. The van der Waals surface area contributed by atoms with Gasteiger partial charge in [-0.3, -0.25) is 19.2 Å². The van der Waals surface area contributed by atoms with Gasteiger partial charge in [0.15, 0.2) is 0 Å². The van der Waals surface area contributed by atoms with Gasteiger partial charge in [-0.15, -0.1) is 0 Å². The maximum Gasteiger partial charge on any atom is 0.471 e. The van der Waals surface area contributed by atoms with E-state index in [1.807, 2.05) is 25.2 Å². The lowest BCUT2D eigenvalue weighted by Crippen LogP contribution is -2.61.